The molecule has 98 valence electrons. The molecule has 1 heterocycles. The number of ether oxygens (including phenoxy) is 1. The molecule has 0 saturated carbocycles. The van der Waals surface area contributed by atoms with Crippen LogP contribution < -0.4 is 0 Å². The van der Waals surface area contributed by atoms with E-state index >= 15 is 0 Å². The van der Waals surface area contributed by atoms with Crippen molar-refractivity contribution >= 4 is 21.8 Å². The maximum atomic E-state index is 12.6. The Hall–Kier alpha value is -0.870. The topological polar surface area (TPSA) is 29.5 Å². The first-order valence-corrected chi connectivity index (χ1v) is 6.87. The Balaban J connectivity index is 2.33. The molecule has 1 aromatic rings. The van der Waals surface area contributed by atoms with Crippen LogP contribution in [0, 0.1) is 6.92 Å². The SMILES string of the molecule is Cc1ccc(Br)c(C(=O)N2CCOCC2(C)C)c1. The molecule has 3 nitrogen and oxygen atoms in total. The summed E-state index contributed by atoms with van der Waals surface area (Å²) in [4.78, 5) is 14.5. The Morgan fingerprint density at radius 3 is 2.83 bits per heavy atom. The number of aryl methyl sites for hydroxylation is 1. The minimum absolute atomic E-state index is 0.0684. The van der Waals surface area contributed by atoms with Crippen LogP contribution in [0.5, 0.6) is 0 Å². The Bertz CT molecular complexity index is 471. The molecule has 0 N–H and O–H groups in total. The van der Waals surface area contributed by atoms with Gasteiger partial charge in [0.05, 0.1) is 24.3 Å². The largest absolute Gasteiger partial charge is 0.377 e. The van der Waals surface area contributed by atoms with Crippen LogP contribution in [0.4, 0.5) is 0 Å². The number of morpholine rings is 1. The van der Waals surface area contributed by atoms with E-state index in [-0.39, 0.29) is 11.4 Å². The maximum Gasteiger partial charge on any atom is 0.255 e. The predicted molar refractivity (Wildman–Crippen MR) is 74.8 cm³/mol. The van der Waals surface area contributed by atoms with Crippen LogP contribution in [0.3, 0.4) is 0 Å². The maximum absolute atomic E-state index is 12.6. The molecule has 0 aliphatic carbocycles. The van der Waals surface area contributed by atoms with Gasteiger partial charge in [-0.05, 0) is 48.8 Å². The molecule has 0 radical (unpaired) electrons. The van der Waals surface area contributed by atoms with Crippen LogP contribution in [-0.4, -0.2) is 36.1 Å². The second kappa shape index (κ2) is 5.02. The summed E-state index contributed by atoms with van der Waals surface area (Å²) in [6, 6.07) is 5.85. The normalized spacial score (nSPS) is 18.8. The molecule has 0 spiro atoms. The molecule has 18 heavy (non-hydrogen) atoms. The van der Waals surface area contributed by atoms with Crippen molar-refractivity contribution < 1.29 is 9.53 Å². The molecule has 0 atom stereocenters. The number of carbonyl (C=O) groups excluding carboxylic acids is 1. The van der Waals surface area contributed by atoms with Crippen molar-refractivity contribution in [3.8, 4) is 0 Å². The van der Waals surface area contributed by atoms with Gasteiger partial charge in [0.25, 0.3) is 5.91 Å². The second-order valence-corrected chi connectivity index (χ2v) is 6.16. The lowest BCUT2D eigenvalue weighted by Crippen LogP contribution is -2.55. The van der Waals surface area contributed by atoms with E-state index in [1.165, 1.54) is 0 Å². The number of rotatable bonds is 1. The lowest BCUT2D eigenvalue weighted by atomic mass is 10.0. The highest BCUT2D eigenvalue weighted by atomic mass is 79.9. The molecule has 1 amide bonds. The van der Waals surface area contributed by atoms with E-state index in [0.717, 1.165) is 15.6 Å². The average Bonchev–Trinajstić information content (AvgIpc) is 2.31. The van der Waals surface area contributed by atoms with E-state index in [9.17, 15) is 4.79 Å². The highest BCUT2D eigenvalue weighted by molar-refractivity contribution is 9.10. The van der Waals surface area contributed by atoms with E-state index in [2.05, 4.69) is 15.9 Å². The first kappa shape index (κ1) is 13.6. The van der Waals surface area contributed by atoms with Crippen molar-refractivity contribution in [2.45, 2.75) is 26.3 Å². The number of nitrogens with zero attached hydrogens (tertiary/aromatic N) is 1. The van der Waals surface area contributed by atoms with Crippen molar-refractivity contribution in [3.63, 3.8) is 0 Å². The number of carbonyl (C=O) groups is 1. The molecular formula is C14H18BrNO2. The Labute approximate surface area is 116 Å². The molecule has 1 fully saturated rings. The Morgan fingerprint density at radius 2 is 2.17 bits per heavy atom. The highest BCUT2D eigenvalue weighted by Gasteiger charge is 2.35. The Morgan fingerprint density at radius 1 is 1.44 bits per heavy atom. The smallest absolute Gasteiger partial charge is 0.255 e. The van der Waals surface area contributed by atoms with Gasteiger partial charge in [-0.2, -0.15) is 0 Å². The fraction of sp³-hybridized carbons (Fsp3) is 0.500. The zero-order chi connectivity index (χ0) is 13.3. The van der Waals surface area contributed by atoms with E-state index in [0.29, 0.717) is 19.8 Å². The number of hydrogen-bond acceptors (Lipinski definition) is 2. The Kier molecular flexibility index (Phi) is 3.78. The minimum Gasteiger partial charge on any atom is -0.377 e. The van der Waals surface area contributed by atoms with Crippen LogP contribution in [0.25, 0.3) is 0 Å². The third kappa shape index (κ3) is 2.59. The third-order valence-electron chi connectivity index (χ3n) is 3.24. The lowest BCUT2D eigenvalue weighted by Gasteiger charge is -2.42. The quantitative estimate of drug-likeness (QED) is 0.798. The number of amides is 1. The molecule has 4 heteroatoms. The van der Waals surface area contributed by atoms with Crippen LogP contribution >= 0.6 is 15.9 Å². The summed E-state index contributed by atoms with van der Waals surface area (Å²) in [5.74, 6) is 0.0684. The van der Waals surface area contributed by atoms with E-state index in [1.807, 2.05) is 43.9 Å². The standard InChI is InChI=1S/C14H18BrNO2/c1-10-4-5-12(15)11(8-10)13(17)16-6-7-18-9-14(16,2)3/h4-5,8H,6-7,9H2,1-3H3. The van der Waals surface area contributed by atoms with Gasteiger partial charge in [0, 0.05) is 11.0 Å². The van der Waals surface area contributed by atoms with Gasteiger partial charge < -0.3 is 9.64 Å². The van der Waals surface area contributed by atoms with E-state index in [1.54, 1.807) is 0 Å². The summed E-state index contributed by atoms with van der Waals surface area (Å²) in [6.45, 7) is 7.90. The monoisotopic (exact) mass is 311 g/mol. The van der Waals surface area contributed by atoms with Crippen LogP contribution in [0.2, 0.25) is 0 Å². The molecule has 0 aromatic heterocycles. The minimum atomic E-state index is -0.251. The molecule has 1 saturated heterocycles. The number of benzene rings is 1. The zero-order valence-corrected chi connectivity index (χ0v) is 12.6. The van der Waals surface area contributed by atoms with Gasteiger partial charge in [-0.1, -0.05) is 11.6 Å². The van der Waals surface area contributed by atoms with E-state index in [4.69, 9.17) is 4.74 Å². The van der Waals surface area contributed by atoms with Crippen LogP contribution in [-0.2, 0) is 4.74 Å². The van der Waals surface area contributed by atoms with Crippen LogP contribution in [0.1, 0.15) is 29.8 Å². The molecular weight excluding hydrogens is 294 g/mol. The molecule has 1 aliphatic heterocycles. The van der Waals surface area contributed by atoms with Crippen molar-refractivity contribution in [2.24, 2.45) is 0 Å². The van der Waals surface area contributed by atoms with Gasteiger partial charge in [0.15, 0.2) is 0 Å². The summed E-state index contributed by atoms with van der Waals surface area (Å²) in [5.41, 5.74) is 1.57. The van der Waals surface area contributed by atoms with Crippen LogP contribution in [0.15, 0.2) is 22.7 Å². The first-order valence-electron chi connectivity index (χ1n) is 6.08. The summed E-state index contributed by atoms with van der Waals surface area (Å²) in [5, 5.41) is 0. The summed E-state index contributed by atoms with van der Waals surface area (Å²) in [6.07, 6.45) is 0. The van der Waals surface area contributed by atoms with Crippen molar-refractivity contribution in [3.05, 3.63) is 33.8 Å². The molecule has 1 aromatic carbocycles. The fourth-order valence-corrected chi connectivity index (χ4v) is 2.60. The summed E-state index contributed by atoms with van der Waals surface area (Å²) < 4.78 is 6.30. The zero-order valence-electron chi connectivity index (χ0n) is 11.0. The van der Waals surface area contributed by atoms with Crippen molar-refractivity contribution in [2.75, 3.05) is 19.8 Å². The molecule has 2 rings (SSSR count). The van der Waals surface area contributed by atoms with Gasteiger partial charge in [0.2, 0.25) is 0 Å². The molecule has 1 aliphatic rings. The van der Waals surface area contributed by atoms with Gasteiger partial charge >= 0.3 is 0 Å². The third-order valence-corrected chi connectivity index (χ3v) is 3.93. The molecule has 0 unspecified atom stereocenters. The average molecular weight is 312 g/mol. The second-order valence-electron chi connectivity index (χ2n) is 5.31. The van der Waals surface area contributed by atoms with Crippen molar-refractivity contribution in [1.82, 2.24) is 4.90 Å². The molecule has 0 bridgehead atoms. The summed E-state index contributed by atoms with van der Waals surface area (Å²) in [7, 11) is 0. The van der Waals surface area contributed by atoms with Gasteiger partial charge in [0.1, 0.15) is 0 Å². The first-order chi connectivity index (χ1) is 8.42. The lowest BCUT2D eigenvalue weighted by molar-refractivity contribution is -0.0371. The van der Waals surface area contributed by atoms with Crippen molar-refractivity contribution in [1.29, 1.82) is 0 Å². The van der Waals surface area contributed by atoms with Gasteiger partial charge in [-0.15, -0.1) is 0 Å². The fourth-order valence-electron chi connectivity index (χ4n) is 2.18. The van der Waals surface area contributed by atoms with E-state index < -0.39 is 0 Å². The summed E-state index contributed by atoms with van der Waals surface area (Å²) >= 11 is 3.46. The van der Waals surface area contributed by atoms with Gasteiger partial charge in [-0.3, -0.25) is 4.79 Å². The van der Waals surface area contributed by atoms with Gasteiger partial charge in [-0.25, -0.2) is 0 Å². The predicted octanol–water partition coefficient (Wildman–Crippen LogP) is 3.01. The highest BCUT2D eigenvalue weighted by Crippen LogP contribution is 2.25. The number of hydrogen-bond donors (Lipinski definition) is 0. The number of halogens is 1.